The number of nitrogens with one attached hydrogen (secondary N) is 2. The first kappa shape index (κ1) is 18.0. The van der Waals surface area contributed by atoms with Crippen LogP contribution < -0.4 is 10.6 Å². The number of imide groups is 1. The average molecular weight is 501 g/mol. The second kappa shape index (κ2) is 9.99. The number of benzene rings is 2. The molecule has 3 aliphatic rings. The Morgan fingerprint density at radius 1 is 1.19 bits per heavy atom. The third-order valence-corrected chi connectivity index (χ3v) is 6.28. The molecule has 3 amide bonds. The molecule has 2 N–H and O–H groups in total. The van der Waals surface area contributed by atoms with E-state index in [4.69, 9.17) is 13.0 Å². The molecule has 3 atom stereocenters. The van der Waals surface area contributed by atoms with E-state index in [0.717, 1.165) is 17.0 Å². The Labute approximate surface area is 218 Å². The maximum absolute atomic E-state index is 15.5. The molecule has 3 unspecified atom stereocenters. The lowest BCUT2D eigenvalue weighted by Crippen LogP contribution is -2.52. The van der Waals surface area contributed by atoms with E-state index in [2.05, 4.69) is 10.6 Å². The number of morpholine rings is 1. The molecule has 3 heterocycles. The number of carbonyl (C=O) groups excluding carboxylic acids is 3. The molecular weight excluding hydrogens is 463 g/mol. The molecule has 0 saturated carbocycles. The van der Waals surface area contributed by atoms with Crippen molar-refractivity contribution < 1.29 is 31.7 Å². The van der Waals surface area contributed by atoms with Crippen molar-refractivity contribution in [2.24, 2.45) is 0 Å². The number of nitrogens with zero attached hydrogens (tertiary/aromatic N) is 2. The van der Waals surface area contributed by atoms with E-state index in [-0.39, 0.29) is 47.4 Å². The number of anilines is 1. The van der Waals surface area contributed by atoms with Gasteiger partial charge < -0.3 is 15.0 Å². The Balaban J connectivity index is 1.43. The van der Waals surface area contributed by atoms with E-state index in [9.17, 15) is 14.4 Å². The Morgan fingerprint density at radius 2 is 1.97 bits per heavy atom. The van der Waals surface area contributed by atoms with Gasteiger partial charge in [-0.15, -0.1) is 0 Å². The van der Waals surface area contributed by atoms with Gasteiger partial charge in [-0.3, -0.25) is 24.6 Å². The molecule has 0 radical (unpaired) electrons. The first-order chi connectivity index (χ1) is 19.5. The van der Waals surface area contributed by atoms with E-state index >= 15 is 4.39 Å². The quantitative estimate of drug-likeness (QED) is 0.593. The topological polar surface area (TPSA) is 91.0 Å². The summed E-state index contributed by atoms with van der Waals surface area (Å²) in [5.74, 6) is -3.13. The van der Waals surface area contributed by atoms with Crippen LogP contribution in [0.25, 0.3) is 0 Å². The summed E-state index contributed by atoms with van der Waals surface area (Å²) in [5, 5.41) is 4.65. The summed E-state index contributed by atoms with van der Waals surface area (Å²) in [7, 11) is 0. The number of carbonyl (C=O) groups is 3. The summed E-state index contributed by atoms with van der Waals surface area (Å²) in [4.78, 5) is 39.7. The van der Waals surface area contributed by atoms with Crippen LogP contribution in [-0.2, 0) is 33.8 Å². The van der Waals surface area contributed by atoms with Crippen LogP contribution >= 0.6 is 0 Å². The maximum atomic E-state index is 15.5. The van der Waals surface area contributed by atoms with Crippen LogP contribution in [-0.4, -0.2) is 58.9 Å². The number of piperidine rings is 1. The first-order valence-electron chi connectivity index (χ1n) is 14.8. The fourth-order valence-corrected chi connectivity index (χ4v) is 4.68. The Bertz CT molecular complexity index is 1450. The van der Waals surface area contributed by atoms with Crippen molar-refractivity contribution in [3.63, 3.8) is 0 Å². The highest BCUT2D eigenvalue weighted by Gasteiger charge is 2.39. The molecule has 0 aliphatic carbocycles. The number of amides is 3. The fraction of sp³-hybridized carbons (Fsp3) is 0.444. The molecular formula is C27H31FN4O4. The van der Waals surface area contributed by atoms with E-state index in [0.29, 0.717) is 13.1 Å². The van der Waals surface area contributed by atoms with Crippen LogP contribution in [0.4, 0.5) is 10.1 Å². The molecule has 0 aromatic heterocycles. The standard InChI is InChI=1S/C27H31FN4O4/c1-16-12-31(13-17(2)36-16)14-18-6-7-19(22(28)10-18)11-29-23-5-3-4-20-21(23)15-32(27(20)35)24-8-9-25(33)30-26(24)34/h3-7,10,16-17,24,29H,8-9,11-15H2,1-2H3,(H,30,33,34)/i11D2,14D2,15D2. The monoisotopic (exact) mass is 500 g/mol. The van der Waals surface area contributed by atoms with Gasteiger partial charge >= 0.3 is 0 Å². The summed E-state index contributed by atoms with van der Waals surface area (Å²) >= 11 is 0. The molecule has 2 aromatic carbocycles. The zero-order chi connectivity index (χ0) is 30.8. The van der Waals surface area contributed by atoms with Crippen molar-refractivity contribution in [2.45, 2.75) is 64.4 Å². The largest absolute Gasteiger partial charge is 0.381 e. The van der Waals surface area contributed by atoms with Crippen LogP contribution in [0.3, 0.4) is 0 Å². The smallest absolute Gasteiger partial charge is 0.255 e. The Morgan fingerprint density at radius 3 is 2.69 bits per heavy atom. The van der Waals surface area contributed by atoms with Crippen molar-refractivity contribution in [3.05, 3.63) is 64.5 Å². The van der Waals surface area contributed by atoms with Gasteiger partial charge in [-0.05, 0) is 44.0 Å². The molecule has 5 rings (SSSR count). The molecule has 0 spiro atoms. The fourth-order valence-electron chi connectivity index (χ4n) is 4.68. The van der Waals surface area contributed by atoms with Gasteiger partial charge in [0.15, 0.2) is 0 Å². The van der Waals surface area contributed by atoms with Crippen LogP contribution in [0.5, 0.6) is 0 Å². The predicted molar refractivity (Wildman–Crippen MR) is 131 cm³/mol. The minimum Gasteiger partial charge on any atom is -0.381 e. The normalized spacial score (nSPS) is 29.2. The van der Waals surface area contributed by atoms with Gasteiger partial charge in [0.05, 0.1) is 17.7 Å². The molecule has 2 saturated heterocycles. The summed E-state index contributed by atoms with van der Waals surface area (Å²) in [6.45, 7) is -3.00. The maximum Gasteiger partial charge on any atom is 0.255 e. The van der Waals surface area contributed by atoms with Gasteiger partial charge in [0.2, 0.25) is 11.8 Å². The lowest BCUT2D eigenvalue weighted by Gasteiger charge is -2.35. The molecule has 9 heteroatoms. The number of hydrogen-bond acceptors (Lipinski definition) is 6. The number of hydrogen-bond donors (Lipinski definition) is 2. The lowest BCUT2D eigenvalue weighted by atomic mass is 10.0. The Hall–Kier alpha value is -3.30. The van der Waals surface area contributed by atoms with Gasteiger partial charge in [0.1, 0.15) is 11.9 Å². The SMILES string of the molecule is [2H]C([2H])(Nc1cccc2c1C([2H])([2H])N(C1CCC(=O)NC1=O)C2=O)c1ccc(C([2H])([2H])N2CC(C)OC(C)C2)cc1F. The second-order valence-electron chi connectivity index (χ2n) is 9.20. The van der Waals surface area contributed by atoms with E-state index in [1.165, 1.54) is 24.3 Å². The molecule has 8 nitrogen and oxygen atoms in total. The van der Waals surface area contributed by atoms with E-state index < -0.39 is 54.6 Å². The first-order valence-corrected chi connectivity index (χ1v) is 11.8. The van der Waals surface area contributed by atoms with E-state index in [1.54, 1.807) is 4.90 Å². The van der Waals surface area contributed by atoms with Crippen molar-refractivity contribution >= 4 is 23.4 Å². The van der Waals surface area contributed by atoms with Crippen molar-refractivity contribution in [2.75, 3.05) is 18.4 Å². The molecule has 3 aliphatic heterocycles. The Kier molecular flexibility index (Phi) is 5.00. The predicted octanol–water partition coefficient (Wildman–Crippen LogP) is 2.81. The molecule has 190 valence electrons. The van der Waals surface area contributed by atoms with Crippen LogP contribution in [0, 0.1) is 5.82 Å². The van der Waals surface area contributed by atoms with Crippen molar-refractivity contribution in [1.82, 2.24) is 15.1 Å². The molecule has 36 heavy (non-hydrogen) atoms. The molecule has 2 fully saturated rings. The van der Waals surface area contributed by atoms with Crippen molar-refractivity contribution in [1.29, 1.82) is 0 Å². The van der Waals surface area contributed by atoms with Gasteiger partial charge in [-0.25, -0.2) is 4.39 Å². The third kappa shape index (κ3) is 4.99. The molecule has 2 aromatic rings. The van der Waals surface area contributed by atoms with Gasteiger partial charge in [-0.2, -0.15) is 0 Å². The van der Waals surface area contributed by atoms with Crippen LogP contribution in [0.1, 0.15) is 62.0 Å². The summed E-state index contributed by atoms with van der Waals surface area (Å²) < 4.78 is 73.3. The van der Waals surface area contributed by atoms with E-state index in [1.807, 2.05) is 13.8 Å². The zero-order valence-electron chi connectivity index (χ0n) is 25.9. The highest BCUT2D eigenvalue weighted by Crippen LogP contribution is 2.32. The van der Waals surface area contributed by atoms with Crippen LogP contribution in [0.15, 0.2) is 36.4 Å². The van der Waals surface area contributed by atoms with Crippen molar-refractivity contribution in [3.8, 4) is 0 Å². The molecule has 0 bridgehead atoms. The number of ether oxygens (including phenoxy) is 1. The number of fused-ring (bicyclic) bond motifs is 1. The minimum atomic E-state index is -2.62. The average Bonchev–Trinajstić information content (AvgIpc) is 3.09. The van der Waals surface area contributed by atoms with Gasteiger partial charge in [0.25, 0.3) is 5.91 Å². The highest BCUT2D eigenvalue weighted by atomic mass is 19.1. The number of halogens is 1. The number of rotatable bonds is 6. The third-order valence-electron chi connectivity index (χ3n) is 6.28. The second-order valence-corrected chi connectivity index (χ2v) is 9.20. The van der Waals surface area contributed by atoms with Gasteiger partial charge in [-0.1, -0.05) is 18.2 Å². The summed E-state index contributed by atoms with van der Waals surface area (Å²) in [5.41, 5.74) is -0.879. The van der Waals surface area contributed by atoms with Crippen LogP contribution in [0.2, 0.25) is 0 Å². The minimum absolute atomic E-state index is 0.00302. The zero-order valence-corrected chi connectivity index (χ0v) is 19.9. The summed E-state index contributed by atoms with van der Waals surface area (Å²) in [6, 6.07) is 6.27. The highest BCUT2D eigenvalue weighted by molar-refractivity contribution is 6.06. The summed E-state index contributed by atoms with van der Waals surface area (Å²) in [6.07, 6.45) is -0.589. The lowest BCUT2D eigenvalue weighted by molar-refractivity contribution is -0.136. The van der Waals surface area contributed by atoms with Gasteiger partial charge in [0, 0.05) is 64.1 Å².